The van der Waals surface area contributed by atoms with Crippen LogP contribution in [0.25, 0.3) is 0 Å². The second-order valence-corrected chi connectivity index (χ2v) is 10.1. The molecule has 2 aromatic rings. The number of ether oxygens (including phenoxy) is 1. The Morgan fingerprint density at radius 3 is 2.53 bits per heavy atom. The summed E-state index contributed by atoms with van der Waals surface area (Å²) in [6.07, 6.45) is 11.1. The topological polar surface area (TPSA) is 57.7 Å². The number of aromatic nitrogens is 1. The summed E-state index contributed by atoms with van der Waals surface area (Å²) in [5, 5.41) is 3.79. The van der Waals surface area contributed by atoms with Crippen LogP contribution in [0, 0.1) is 5.92 Å². The van der Waals surface area contributed by atoms with Crippen molar-refractivity contribution in [3.8, 4) is 5.88 Å². The van der Waals surface area contributed by atoms with Gasteiger partial charge in [0.25, 0.3) is 0 Å². The molecule has 3 fully saturated rings. The van der Waals surface area contributed by atoms with Gasteiger partial charge in [-0.15, -0.1) is 0 Å². The van der Waals surface area contributed by atoms with E-state index < -0.39 is 0 Å². The van der Waals surface area contributed by atoms with Gasteiger partial charge >= 0.3 is 0 Å². The van der Waals surface area contributed by atoms with Gasteiger partial charge in [0.05, 0.1) is 25.0 Å². The molecule has 2 atom stereocenters. The van der Waals surface area contributed by atoms with Gasteiger partial charge in [-0.2, -0.15) is 0 Å². The largest absolute Gasteiger partial charge is 0.481 e. The highest BCUT2D eigenvalue weighted by Gasteiger charge is 2.40. The molecule has 6 heteroatoms. The van der Waals surface area contributed by atoms with E-state index in [2.05, 4.69) is 56.5 Å². The smallest absolute Gasteiger partial charge is 0.226 e. The first-order chi connectivity index (χ1) is 16.7. The van der Waals surface area contributed by atoms with E-state index in [1.54, 1.807) is 7.11 Å². The van der Waals surface area contributed by atoms with Crippen molar-refractivity contribution in [2.24, 2.45) is 5.92 Å². The maximum Gasteiger partial charge on any atom is 0.226 e. The Morgan fingerprint density at radius 2 is 1.79 bits per heavy atom. The summed E-state index contributed by atoms with van der Waals surface area (Å²) in [5.74, 6) is 1.23. The van der Waals surface area contributed by atoms with E-state index in [4.69, 9.17) is 4.74 Å². The fraction of sp³-hybridized carbons (Fsp3) is 0.571. The van der Waals surface area contributed by atoms with E-state index in [1.807, 2.05) is 6.20 Å². The predicted octanol–water partition coefficient (Wildman–Crippen LogP) is 4.70. The molecule has 182 valence electrons. The number of likely N-dealkylation sites (tertiary alicyclic amines) is 1. The number of amides is 1. The highest BCUT2D eigenvalue weighted by molar-refractivity contribution is 5.80. The summed E-state index contributed by atoms with van der Waals surface area (Å²) in [5.41, 5.74) is 3.48. The molecular weight excluding hydrogens is 424 g/mol. The van der Waals surface area contributed by atoms with Crippen molar-refractivity contribution < 1.29 is 9.53 Å². The number of nitrogens with one attached hydrogen (secondary N) is 1. The van der Waals surface area contributed by atoms with Crippen LogP contribution in [0.4, 0.5) is 5.69 Å². The standard InChI is InChI=1S/C28H38N4O2/c1-34-27-23(18-24(20-30-27)31-15-8-9-16-31)19-29-25-14-17-32(26(25)21-10-4-2-5-11-21)28(33)22-12-6-3-7-13-22/h2,4-5,10-11,18,20,22,25-26,29H,3,6-9,12-17,19H2,1H3. The normalized spacial score (nSPS) is 23.4. The maximum absolute atomic E-state index is 13.6. The maximum atomic E-state index is 13.6. The lowest BCUT2D eigenvalue weighted by Gasteiger charge is -2.33. The summed E-state index contributed by atoms with van der Waals surface area (Å²) in [6.45, 7) is 3.68. The zero-order chi connectivity index (χ0) is 23.3. The Balaban J connectivity index is 1.34. The lowest BCUT2D eigenvalue weighted by Crippen LogP contribution is -2.41. The Bertz CT molecular complexity index is 954. The molecule has 0 radical (unpaired) electrons. The third-order valence-electron chi connectivity index (χ3n) is 7.91. The highest BCUT2D eigenvalue weighted by atomic mass is 16.5. The van der Waals surface area contributed by atoms with Crippen LogP contribution in [0.3, 0.4) is 0 Å². The fourth-order valence-corrected chi connectivity index (χ4v) is 6.08. The minimum atomic E-state index is 0.0661. The lowest BCUT2D eigenvalue weighted by atomic mass is 9.87. The summed E-state index contributed by atoms with van der Waals surface area (Å²) < 4.78 is 5.59. The number of pyridine rings is 1. The summed E-state index contributed by atoms with van der Waals surface area (Å²) in [6, 6.07) is 13.0. The Hall–Kier alpha value is -2.60. The van der Waals surface area contributed by atoms with Gasteiger partial charge in [0.1, 0.15) is 0 Å². The molecule has 2 saturated heterocycles. The number of hydrogen-bond donors (Lipinski definition) is 1. The van der Waals surface area contributed by atoms with Gasteiger partial charge in [0.15, 0.2) is 0 Å². The number of anilines is 1. The number of nitrogens with zero attached hydrogens (tertiary/aromatic N) is 3. The van der Waals surface area contributed by atoms with Crippen LogP contribution < -0.4 is 15.0 Å². The Morgan fingerprint density at radius 1 is 1.03 bits per heavy atom. The van der Waals surface area contributed by atoms with E-state index >= 15 is 0 Å². The second kappa shape index (κ2) is 10.8. The first kappa shape index (κ1) is 23.2. The molecule has 2 unspecified atom stereocenters. The van der Waals surface area contributed by atoms with Gasteiger partial charge < -0.3 is 19.9 Å². The van der Waals surface area contributed by atoms with E-state index in [-0.39, 0.29) is 18.0 Å². The van der Waals surface area contributed by atoms with Crippen LogP contribution in [0.15, 0.2) is 42.6 Å². The van der Waals surface area contributed by atoms with Crippen LogP contribution in [-0.2, 0) is 11.3 Å². The zero-order valence-electron chi connectivity index (χ0n) is 20.4. The molecule has 5 rings (SSSR count). The van der Waals surface area contributed by atoms with Crippen LogP contribution >= 0.6 is 0 Å². The number of methoxy groups -OCH3 is 1. The van der Waals surface area contributed by atoms with Gasteiger partial charge in [-0.1, -0.05) is 49.6 Å². The number of carbonyl (C=O) groups is 1. The highest BCUT2D eigenvalue weighted by Crippen LogP contribution is 2.36. The van der Waals surface area contributed by atoms with Crippen LogP contribution in [0.2, 0.25) is 0 Å². The molecule has 6 nitrogen and oxygen atoms in total. The molecule has 3 aliphatic rings. The third-order valence-corrected chi connectivity index (χ3v) is 7.91. The van der Waals surface area contributed by atoms with Crippen molar-refractivity contribution in [3.05, 3.63) is 53.7 Å². The minimum Gasteiger partial charge on any atom is -0.481 e. The van der Waals surface area contributed by atoms with Gasteiger partial charge in [0, 0.05) is 43.7 Å². The summed E-state index contributed by atoms with van der Waals surface area (Å²) >= 11 is 0. The van der Waals surface area contributed by atoms with Crippen molar-refractivity contribution in [2.75, 3.05) is 31.6 Å². The van der Waals surface area contributed by atoms with Crippen molar-refractivity contribution >= 4 is 11.6 Å². The first-order valence-electron chi connectivity index (χ1n) is 13.1. The quantitative estimate of drug-likeness (QED) is 0.646. The van der Waals surface area contributed by atoms with Gasteiger partial charge in [-0.3, -0.25) is 4.79 Å². The van der Waals surface area contributed by atoms with E-state index in [9.17, 15) is 4.79 Å². The van der Waals surface area contributed by atoms with Crippen molar-refractivity contribution in [1.82, 2.24) is 15.2 Å². The van der Waals surface area contributed by atoms with Crippen molar-refractivity contribution in [3.63, 3.8) is 0 Å². The van der Waals surface area contributed by atoms with Gasteiger partial charge in [0.2, 0.25) is 11.8 Å². The number of benzene rings is 1. The monoisotopic (exact) mass is 462 g/mol. The molecule has 1 aromatic heterocycles. The molecule has 1 aromatic carbocycles. The Kier molecular flexibility index (Phi) is 7.33. The minimum absolute atomic E-state index is 0.0661. The fourth-order valence-electron chi connectivity index (χ4n) is 6.08. The summed E-state index contributed by atoms with van der Waals surface area (Å²) in [4.78, 5) is 22.7. The lowest BCUT2D eigenvalue weighted by molar-refractivity contribution is -0.137. The molecule has 3 heterocycles. The average Bonchev–Trinajstić information content (AvgIpc) is 3.58. The van der Waals surface area contributed by atoms with Crippen molar-refractivity contribution in [1.29, 1.82) is 0 Å². The first-order valence-corrected chi connectivity index (χ1v) is 13.1. The molecule has 1 N–H and O–H groups in total. The van der Waals surface area contributed by atoms with Crippen LogP contribution in [-0.4, -0.2) is 48.6 Å². The second-order valence-electron chi connectivity index (χ2n) is 10.1. The van der Waals surface area contributed by atoms with E-state index in [0.717, 1.165) is 44.5 Å². The number of rotatable bonds is 7. The SMILES string of the molecule is COc1ncc(N2CCCC2)cc1CNC1CCN(C(=O)C2CCCCC2)C1c1ccccc1. The summed E-state index contributed by atoms with van der Waals surface area (Å²) in [7, 11) is 1.69. The van der Waals surface area contributed by atoms with Crippen LogP contribution in [0.5, 0.6) is 5.88 Å². The van der Waals surface area contributed by atoms with Gasteiger partial charge in [-0.05, 0) is 43.7 Å². The molecule has 1 aliphatic carbocycles. The molecule has 34 heavy (non-hydrogen) atoms. The number of carbonyl (C=O) groups excluding carboxylic acids is 1. The zero-order valence-corrected chi connectivity index (χ0v) is 20.4. The molecule has 0 spiro atoms. The van der Waals surface area contributed by atoms with E-state index in [0.29, 0.717) is 18.3 Å². The van der Waals surface area contributed by atoms with Crippen molar-refractivity contribution in [2.45, 2.75) is 70.0 Å². The average molecular weight is 463 g/mol. The van der Waals surface area contributed by atoms with Crippen LogP contribution in [0.1, 0.15) is 68.5 Å². The molecule has 0 bridgehead atoms. The molecule has 1 saturated carbocycles. The van der Waals surface area contributed by atoms with E-state index in [1.165, 1.54) is 43.4 Å². The molecule has 2 aliphatic heterocycles. The van der Waals surface area contributed by atoms with Gasteiger partial charge in [-0.25, -0.2) is 4.98 Å². The third kappa shape index (κ3) is 4.92. The molecular formula is C28H38N4O2. The number of hydrogen-bond acceptors (Lipinski definition) is 5. The predicted molar refractivity (Wildman–Crippen MR) is 135 cm³/mol. The Labute approximate surface area is 203 Å². The molecule has 1 amide bonds.